The van der Waals surface area contributed by atoms with Crippen LogP contribution in [0.2, 0.25) is 5.02 Å². The SMILES string of the molecule is CC(C)c1nc2c(n1Cc1ccc(Cl)cc1)C(OCC(=O)ON)CCCC2. The second kappa shape index (κ2) is 8.87. The first-order valence-electron chi connectivity index (χ1n) is 9.34. The van der Waals surface area contributed by atoms with Crippen molar-refractivity contribution in [2.24, 2.45) is 5.90 Å². The molecule has 2 N–H and O–H groups in total. The van der Waals surface area contributed by atoms with Gasteiger partial charge in [-0.25, -0.2) is 9.78 Å². The van der Waals surface area contributed by atoms with Gasteiger partial charge in [-0.1, -0.05) is 44.0 Å². The van der Waals surface area contributed by atoms with Crippen LogP contribution in [-0.2, 0) is 27.3 Å². The Morgan fingerprint density at radius 3 is 2.74 bits per heavy atom. The van der Waals surface area contributed by atoms with Gasteiger partial charge in [0, 0.05) is 17.5 Å². The summed E-state index contributed by atoms with van der Waals surface area (Å²) < 4.78 is 8.14. The highest BCUT2D eigenvalue weighted by molar-refractivity contribution is 6.30. The highest BCUT2D eigenvalue weighted by Gasteiger charge is 2.28. The maximum absolute atomic E-state index is 11.5. The molecular formula is C20H26ClN3O3. The van der Waals surface area contributed by atoms with Gasteiger partial charge in [-0.2, -0.15) is 5.90 Å². The Kier molecular flexibility index (Phi) is 6.52. The Morgan fingerprint density at radius 1 is 1.33 bits per heavy atom. The largest absolute Gasteiger partial charge is 0.372 e. The van der Waals surface area contributed by atoms with E-state index in [9.17, 15) is 4.79 Å². The zero-order valence-electron chi connectivity index (χ0n) is 15.8. The molecule has 1 unspecified atom stereocenters. The first-order chi connectivity index (χ1) is 13.0. The third-order valence-corrected chi connectivity index (χ3v) is 5.10. The second-order valence-corrected chi connectivity index (χ2v) is 7.64. The molecule has 1 aromatic carbocycles. The molecule has 0 fully saturated rings. The van der Waals surface area contributed by atoms with Gasteiger partial charge < -0.3 is 14.1 Å². The van der Waals surface area contributed by atoms with Crippen LogP contribution in [0, 0.1) is 0 Å². The molecule has 0 bridgehead atoms. The average Bonchev–Trinajstić information content (AvgIpc) is 2.88. The van der Waals surface area contributed by atoms with Crippen LogP contribution in [0.3, 0.4) is 0 Å². The van der Waals surface area contributed by atoms with Crippen molar-refractivity contribution in [3.63, 3.8) is 0 Å². The molecule has 27 heavy (non-hydrogen) atoms. The number of aromatic nitrogens is 2. The van der Waals surface area contributed by atoms with E-state index in [-0.39, 0.29) is 18.6 Å². The minimum absolute atomic E-state index is 0.163. The molecule has 1 heterocycles. The number of fused-ring (bicyclic) bond motifs is 1. The summed E-state index contributed by atoms with van der Waals surface area (Å²) >= 11 is 6.03. The number of nitrogens with zero attached hydrogens (tertiary/aromatic N) is 2. The Morgan fingerprint density at radius 2 is 2.07 bits per heavy atom. The molecule has 1 aliphatic carbocycles. The molecule has 0 spiro atoms. The lowest BCUT2D eigenvalue weighted by atomic mass is 10.1. The average molecular weight is 392 g/mol. The molecule has 1 aliphatic rings. The molecule has 3 rings (SSSR count). The maximum Gasteiger partial charge on any atom is 0.350 e. The fourth-order valence-corrected chi connectivity index (χ4v) is 3.71. The molecule has 1 atom stereocenters. The predicted molar refractivity (Wildman–Crippen MR) is 103 cm³/mol. The molecule has 0 aliphatic heterocycles. The van der Waals surface area contributed by atoms with E-state index >= 15 is 0 Å². The van der Waals surface area contributed by atoms with E-state index in [0.29, 0.717) is 11.6 Å². The number of ether oxygens (including phenoxy) is 1. The third kappa shape index (κ3) is 4.69. The van der Waals surface area contributed by atoms with Gasteiger partial charge in [0.05, 0.1) is 11.4 Å². The Balaban J connectivity index is 1.98. The lowest BCUT2D eigenvalue weighted by molar-refractivity contribution is -0.152. The first-order valence-corrected chi connectivity index (χ1v) is 9.72. The van der Waals surface area contributed by atoms with E-state index < -0.39 is 5.97 Å². The van der Waals surface area contributed by atoms with E-state index in [1.807, 2.05) is 24.3 Å². The zero-order chi connectivity index (χ0) is 19.4. The van der Waals surface area contributed by atoms with Crippen molar-refractivity contribution in [3.8, 4) is 0 Å². The number of hydrogen-bond acceptors (Lipinski definition) is 5. The van der Waals surface area contributed by atoms with Crippen molar-refractivity contribution in [1.82, 2.24) is 9.55 Å². The van der Waals surface area contributed by atoms with Gasteiger partial charge in [0.25, 0.3) is 0 Å². The summed E-state index contributed by atoms with van der Waals surface area (Å²) in [4.78, 5) is 20.6. The van der Waals surface area contributed by atoms with E-state index in [1.165, 1.54) is 0 Å². The molecule has 7 heteroatoms. The van der Waals surface area contributed by atoms with Crippen molar-refractivity contribution in [2.75, 3.05) is 6.61 Å². The Hall–Kier alpha value is -1.89. The third-order valence-electron chi connectivity index (χ3n) is 4.85. The molecule has 1 aromatic heterocycles. The van der Waals surface area contributed by atoms with Crippen LogP contribution in [0.1, 0.15) is 67.9 Å². The lowest BCUT2D eigenvalue weighted by Crippen LogP contribution is -2.21. The number of imidazole rings is 1. The van der Waals surface area contributed by atoms with Gasteiger partial charge in [0.2, 0.25) is 0 Å². The monoisotopic (exact) mass is 391 g/mol. The summed E-state index contributed by atoms with van der Waals surface area (Å²) in [6, 6.07) is 7.84. The van der Waals surface area contributed by atoms with Crippen molar-refractivity contribution in [1.29, 1.82) is 0 Å². The van der Waals surface area contributed by atoms with Crippen LogP contribution < -0.4 is 5.90 Å². The predicted octanol–water partition coefficient (Wildman–Crippen LogP) is 3.91. The minimum atomic E-state index is -0.575. The number of hydrogen-bond donors (Lipinski definition) is 1. The van der Waals surface area contributed by atoms with Gasteiger partial charge in [0.1, 0.15) is 18.5 Å². The Bertz CT molecular complexity index is 787. The van der Waals surface area contributed by atoms with Gasteiger partial charge in [-0.15, -0.1) is 0 Å². The second-order valence-electron chi connectivity index (χ2n) is 7.20. The van der Waals surface area contributed by atoms with Crippen LogP contribution in [-0.4, -0.2) is 22.1 Å². The number of nitrogens with two attached hydrogens (primary N) is 1. The van der Waals surface area contributed by atoms with Crippen molar-refractivity contribution < 1.29 is 14.4 Å². The van der Waals surface area contributed by atoms with Gasteiger partial charge in [0.15, 0.2) is 0 Å². The standard InChI is InChI=1S/C20H26ClN3O3/c1-13(2)20-23-16-5-3-4-6-17(26-12-18(25)27-22)19(16)24(20)11-14-7-9-15(21)10-8-14/h7-10,13,17H,3-6,11-12,22H2,1-2H3. The first kappa shape index (κ1) is 19.9. The summed E-state index contributed by atoms with van der Waals surface area (Å²) in [5.74, 6) is 5.68. The zero-order valence-corrected chi connectivity index (χ0v) is 16.5. The van der Waals surface area contributed by atoms with Crippen molar-refractivity contribution >= 4 is 17.6 Å². The maximum atomic E-state index is 11.5. The fraction of sp³-hybridized carbons (Fsp3) is 0.500. The molecule has 0 saturated carbocycles. The molecule has 0 radical (unpaired) electrons. The van der Waals surface area contributed by atoms with Crippen LogP contribution in [0.15, 0.2) is 24.3 Å². The number of carbonyl (C=O) groups is 1. The van der Waals surface area contributed by atoms with Gasteiger partial charge in [-0.3, -0.25) is 0 Å². The number of carbonyl (C=O) groups excluding carboxylic acids is 1. The van der Waals surface area contributed by atoms with Gasteiger partial charge >= 0.3 is 5.97 Å². The fourth-order valence-electron chi connectivity index (χ4n) is 3.58. The molecule has 2 aromatic rings. The molecule has 146 valence electrons. The number of halogens is 1. The summed E-state index contributed by atoms with van der Waals surface area (Å²) in [5.41, 5.74) is 3.28. The van der Waals surface area contributed by atoms with Crippen molar-refractivity contribution in [3.05, 3.63) is 52.1 Å². The normalized spacial score (nSPS) is 16.9. The Labute approximate surface area is 164 Å². The van der Waals surface area contributed by atoms with E-state index in [2.05, 4.69) is 23.3 Å². The highest BCUT2D eigenvalue weighted by atomic mass is 35.5. The quantitative estimate of drug-likeness (QED) is 0.596. The number of benzene rings is 1. The minimum Gasteiger partial charge on any atom is -0.372 e. The summed E-state index contributed by atoms with van der Waals surface area (Å²) in [5, 5.41) is 0.716. The van der Waals surface area contributed by atoms with Crippen LogP contribution in [0.5, 0.6) is 0 Å². The topological polar surface area (TPSA) is 79.4 Å². The summed E-state index contributed by atoms with van der Waals surface area (Å²) in [6.07, 6.45) is 3.65. The highest BCUT2D eigenvalue weighted by Crippen LogP contribution is 2.34. The lowest BCUT2D eigenvalue weighted by Gasteiger charge is -2.21. The summed E-state index contributed by atoms with van der Waals surface area (Å²) in [6.45, 7) is 4.81. The molecule has 0 saturated heterocycles. The van der Waals surface area contributed by atoms with Gasteiger partial charge in [-0.05, 0) is 37.0 Å². The summed E-state index contributed by atoms with van der Waals surface area (Å²) in [7, 11) is 0. The van der Waals surface area contributed by atoms with E-state index in [1.54, 1.807) is 0 Å². The number of aryl methyl sites for hydroxylation is 1. The van der Waals surface area contributed by atoms with Crippen LogP contribution >= 0.6 is 11.6 Å². The van der Waals surface area contributed by atoms with Crippen LogP contribution in [0.25, 0.3) is 0 Å². The van der Waals surface area contributed by atoms with E-state index in [0.717, 1.165) is 48.5 Å². The molecular weight excluding hydrogens is 366 g/mol. The molecule has 6 nitrogen and oxygen atoms in total. The molecule has 0 amide bonds. The van der Waals surface area contributed by atoms with E-state index in [4.69, 9.17) is 27.2 Å². The van der Waals surface area contributed by atoms with Crippen LogP contribution in [0.4, 0.5) is 0 Å². The van der Waals surface area contributed by atoms with Crippen molar-refractivity contribution in [2.45, 2.75) is 58.1 Å². The number of rotatable bonds is 6. The smallest absolute Gasteiger partial charge is 0.350 e.